The Balaban J connectivity index is 0.000000294. The van der Waals surface area contributed by atoms with Gasteiger partial charge in [-0.15, -0.1) is 54.1 Å². The molecule has 0 bridgehead atoms. The summed E-state index contributed by atoms with van der Waals surface area (Å²) in [6.45, 7) is 9.05. The molecular weight excluding hydrogens is 864 g/mol. The average molecular weight is 902 g/mol. The zero-order valence-corrected chi connectivity index (χ0v) is 33.5. The number of hydrogen-bond acceptors (Lipinski definition) is 4. The number of halogens is 1. The number of hydrogen-bond donors (Lipinski definition) is 0. The third-order valence-corrected chi connectivity index (χ3v) is 9.65. The fraction of sp³-hybridized carbons (Fsp3) is 0.128. The van der Waals surface area contributed by atoms with Crippen molar-refractivity contribution in [1.29, 1.82) is 0 Å². The van der Waals surface area contributed by atoms with Crippen LogP contribution in [0.4, 0.5) is 0 Å². The third kappa shape index (κ3) is 7.13. The summed E-state index contributed by atoms with van der Waals surface area (Å²) in [4.78, 5) is 13.9. The molecule has 0 aliphatic rings. The van der Waals surface area contributed by atoms with E-state index in [4.69, 9.17) is 21.0 Å². The molecule has 0 N–H and O–H groups in total. The second-order valence-electron chi connectivity index (χ2n) is 13.6. The van der Waals surface area contributed by atoms with Crippen LogP contribution in [0.2, 0.25) is 5.15 Å². The van der Waals surface area contributed by atoms with E-state index in [2.05, 4.69) is 115 Å². The first-order chi connectivity index (χ1) is 25.9. The number of para-hydroxylation sites is 2. The largest absolute Gasteiger partial charge is 0.486 e. The molecule has 1 radical (unpaired) electrons. The standard InChI is InChI=1S/C36H29ClN3O.C11H8N.Ir/c1-21(2)28-19-24(23-11-6-5-7-12-23)20-29(22(3)4)33(28)40-31-16-9-8-15-30(31)38-35(40)27-14-10-13-25-26-17-18-32(37)39-36(26)41-34(25)27;1-2-6-10(7-3-1)11-8-4-5-9-12-11;/h5-13,15-22H,1-4H3;1-6,8-9H;/q2*-1;. The first kappa shape index (κ1) is 36.9. The summed E-state index contributed by atoms with van der Waals surface area (Å²) < 4.78 is 8.67. The number of benzene rings is 5. The maximum Gasteiger partial charge on any atom is 0.217 e. The zero-order chi connectivity index (χ0) is 36.5. The average Bonchev–Trinajstić information content (AvgIpc) is 3.76. The second kappa shape index (κ2) is 15.9. The van der Waals surface area contributed by atoms with Crippen LogP contribution in [0.25, 0.3) is 72.6 Å². The Morgan fingerprint density at radius 3 is 2.09 bits per heavy atom. The number of aromatic nitrogens is 4. The van der Waals surface area contributed by atoms with Gasteiger partial charge in [-0.1, -0.05) is 105 Å². The van der Waals surface area contributed by atoms with Crippen molar-refractivity contribution in [2.45, 2.75) is 39.5 Å². The monoisotopic (exact) mass is 901 g/mol. The van der Waals surface area contributed by atoms with E-state index >= 15 is 0 Å². The summed E-state index contributed by atoms with van der Waals surface area (Å²) in [5.41, 5.74) is 12.1. The number of fused-ring (bicyclic) bond motifs is 4. The maximum absolute atomic E-state index is 6.36. The molecule has 0 aliphatic carbocycles. The van der Waals surface area contributed by atoms with Gasteiger partial charge in [0.15, 0.2) is 0 Å². The third-order valence-electron chi connectivity index (χ3n) is 9.44. The summed E-state index contributed by atoms with van der Waals surface area (Å²) in [7, 11) is 0. The first-order valence-electron chi connectivity index (χ1n) is 17.9. The van der Waals surface area contributed by atoms with Crippen LogP contribution in [-0.2, 0) is 20.1 Å². The van der Waals surface area contributed by atoms with Gasteiger partial charge >= 0.3 is 0 Å². The predicted octanol–water partition coefficient (Wildman–Crippen LogP) is 12.9. The van der Waals surface area contributed by atoms with Gasteiger partial charge in [-0.3, -0.25) is 4.98 Å². The summed E-state index contributed by atoms with van der Waals surface area (Å²) >= 11 is 6.22. The van der Waals surface area contributed by atoms with Gasteiger partial charge in [0.25, 0.3) is 0 Å². The van der Waals surface area contributed by atoms with Crippen LogP contribution in [0.1, 0.15) is 50.7 Å². The molecule has 0 aliphatic heterocycles. The Morgan fingerprint density at radius 1 is 0.667 bits per heavy atom. The van der Waals surface area contributed by atoms with E-state index in [1.165, 1.54) is 27.9 Å². The van der Waals surface area contributed by atoms with E-state index < -0.39 is 0 Å². The number of pyridine rings is 2. The minimum Gasteiger partial charge on any atom is -0.486 e. The molecule has 5 aromatic carbocycles. The minimum absolute atomic E-state index is 0. The van der Waals surface area contributed by atoms with E-state index in [0.29, 0.717) is 16.4 Å². The van der Waals surface area contributed by atoms with Crippen molar-refractivity contribution < 1.29 is 24.5 Å². The molecule has 269 valence electrons. The predicted molar refractivity (Wildman–Crippen MR) is 218 cm³/mol. The van der Waals surface area contributed by atoms with Crippen LogP contribution in [-0.4, -0.2) is 19.5 Å². The molecule has 5 nitrogen and oxygen atoms in total. The zero-order valence-electron chi connectivity index (χ0n) is 30.3. The molecule has 4 heterocycles. The molecule has 54 heavy (non-hydrogen) atoms. The van der Waals surface area contributed by atoms with E-state index in [1.807, 2.05) is 66.7 Å². The van der Waals surface area contributed by atoms with Crippen molar-refractivity contribution >= 4 is 44.7 Å². The molecule has 0 saturated heterocycles. The van der Waals surface area contributed by atoms with Crippen LogP contribution in [0.3, 0.4) is 0 Å². The Morgan fingerprint density at radius 2 is 1.39 bits per heavy atom. The second-order valence-corrected chi connectivity index (χ2v) is 14.0. The Bertz CT molecular complexity index is 2620. The summed E-state index contributed by atoms with van der Waals surface area (Å²) in [5.74, 6) is 1.34. The van der Waals surface area contributed by atoms with Gasteiger partial charge in [-0.25, -0.2) is 4.98 Å². The van der Waals surface area contributed by atoms with Crippen LogP contribution < -0.4 is 0 Å². The normalized spacial score (nSPS) is 11.2. The van der Waals surface area contributed by atoms with E-state index in [9.17, 15) is 0 Å². The molecule has 0 spiro atoms. The van der Waals surface area contributed by atoms with Gasteiger partial charge < -0.3 is 14.0 Å². The molecule has 0 amide bonds. The van der Waals surface area contributed by atoms with Gasteiger partial charge in [-0.2, -0.15) is 0 Å². The summed E-state index contributed by atoms with van der Waals surface area (Å²) in [6.07, 6.45) is 1.79. The van der Waals surface area contributed by atoms with Gasteiger partial charge in [0.1, 0.15) is 5.15 Å². The van der Waals surface area contributed by atoms with Crippen molar-refractivity contribution in [3.05, 3.63) is 168 Å². The molecule has 9 rings (SSSR count). The smallest absolute Gasteiger partial charge is 0.217 e. The van der Waals surface area contributed by atoms with Crippen molar-refractivity contribution in [3.8, 4) is 39.5 Å². The van der Waals surface area contributed by atoms with Crippen molar-refractivity contribution in [2.24, 2.45) is 0 Å². The Labute approximate surface area is 334 Å². The molecule has 4 aromatic heterocycles. The van der Waals surface area contributed by atoms with E-state index in [1.54, 1.807) is 12.3 Å². The minimum atomic E-state index is 0. The molecule has 7 heteroatoms. The number of furan rings is 1. The van der Waals surface area contributed by atoms with E-state index in [0.717, 1.165) is 44.5 Å². The van der Waals surface area contributed by atoms with Crippen molar-refractivity contribution in [1.82, 2.24) is 19.5 Å². The number of imidazole rings is 1. The number of nitrogens with zero attached hydrogens (tertiary/aromatic N) is 4. The molecular formula is C47H37ClIrN4O-2. The first-order valence-corrected chi connectivity index (χ1v) is 18.2. The van der Waals surface area contributed by atoms with Gasteiger partial charge in [0.05, 0.1) is 22.4 Å². The SMILES string of the molecule is CC(C)c1cc(-c2ccccc2)cc(C(C)C)c1-n1c(-c2[c-]ccc3c2oc2nc(Cl)ccc23)nc2ccccc21.[Ir].[c-]1ccccc1-c1ccccn1. The van der Waals surface area contributed by atoms with Crippen LogP contribution in [0, 0.1) is 12.1 Å². The fourth-order valence-corrected chi connectivity index (χ4v) is 7.02. The van der Waals surface area contributed by atoms with Crippen LogP contribution in [0.5, 0.6) is 0 Å². The molecule has 0 fully saturated rings. The fourth-order valence-electron chi connectivity index (χ4n) is 6.88. The summed E-state index contributed by atoms with van der Waals surface area (Å²) in [6, 6.07) is 51.6. The van der Waals surface area contributed by atoms with Gasteiger partial charge in [-0.05, 0) is 82.2 Å². The number of rotatable bonds is 6. The molecule has 0 atom stereocenters. The van der Waals surface area contributed by atoms with E-state index in [-0.39, 0.29) is 31.9 Å². The Kier molecular flexibility index (Phi) is 10.9. The van der Waals surface area contributed by atoms with Crippen LogP contribution in [0.15, 0.2) is 144 Å². The summed E-state index contributed by atoms with van der Waals surface area (Å²) in [5, 5.41) is 2.28. The quantitative estimate of drug-likeness (QED) is 0.123. The van der Waals surface area contributed by atoms with Crippen molar-refractivity contribution in [2.75, 3.05) is 0 Å². The Hall–Kier alpha value is -5.39. The molecule has 9 aromatic rings. The topological polar surface area (TPSA) is 56.7 Å². The van der Waals surface area contributed by atoms with Gasteiger partial charge in [0, 0.05) is 37.4 Å². The molecule has 0 unspecified atom stereocenters. The maximum atomic E-state index is 6.36. The van der Waals surface area contributed by atoms with Crippen LogP contribution >= 0.6 is 11.6 Å². The van der Waals surface area contributed by atoms with Gasteiger partial charge in [0.2, 0.25) is 5.71 Å². The molecule has 0 saturated carbocycles. The van der Waals surface area contributed by atoms with Crippen molar-refractivity contribution in [3.63, 3.8) is 0 Å².